The molecule has 7 heteroatoms. The maximum atomic E-state index is 13.6. The largest absolute Gasteiger partial charge is 0.380 e. The van der Waals surface area contributed by atoms with Crippen molar-refractivity contribution in [1.82, 2.24) is 0 Å². The summed E-state index contributed by atoms with van der Waals surface area (Å²) in [5, 5.41) is 10.4. The molecule has 0 spiro atoms. The molecule has 0 saturated heterocycles. The Balaban J connectivity index is 2.92. The molecule has 0 saturated carbocycles. The van der Waals surface area contributed by atoms with Crippen molar-refractivity contribution in [3.05, 3.63) is 33.9 Å². The molecule has 0 aliphatic rings. The Bertz CT molecular complexity index is 417. The topological polar surface area (TPSA) is 55.6 Å². The summed E-state index contributed by atoms with van der Waals surface area (Å²) in [5.74, 6) is -1.92. The van der Waals surface area contributed by atoms with Gasteiger partial charge in [-0.2, -0.15) is 0 Å². The van der Waals surface area contributed by atoms with E-state index in [2.05, 4.69) is 0 Å². The van der Waals surface area contributed by atoms with Gasteiger partial charge >= 0.3 is 0 Å². The molecule has 0 atom stereocenters. The monoisotopic (exact) mass is 260 g/mol. The molecule has 0 heterocycles. The Labute approximate surface area is 103 Å². The molecule has 0 aliphatic carbocycles. The third-order valence-electron chi connectivity index (χ3n) is 2.37. The van der Waals surface area contributed by atoms with Gasteiger partial charge < -0.3 is 9.64 Å². The fourth-order valence-corrected chi connectivity index (χ4v) is 1.48. The minimum absolute atomic E-state index is 0.291. The van der Waals surface area contributed by atoms with Gasteiger partial charge in [0.05, 0.1) is 23.7 Å². The van der Waals surface area contributed by atoms with Gasteiger partial charge in [-0.05, 0) is 6.92 Å². The van der Waals surface area contributed by atoms with E-state index in [0.29, 0.717) is 31.9 Å². The molecule has 0 bridgehead atoms. The predicted molar refractivity (Wildman–Crippen MR) is 62.8 cm³/mol. The van der Waals surface area contributed by atoms with Gasteiger partial charge in [0.2, 0.25) is 0 Å². The molecule has 18 heavy (non-hydrogen) atoms. The molecule has 1 rings (SSSR count). The first kappa shape index (κ1) is 14.3. The summed E-state index contributed by atoms with van der Waals surface area (Å²) in [6.45, 7) is 2.94. The van der Waals surface area contributed by atoms with E-state index in [1.165, 1.54) is 11.9 Å². The molecule has 0 N–H and O–H groups in total. The van der Waals surface area contributed by atoms with Gasteiger partial charge in [0.25, 0.3) is 5.69 Å². The average Bonchev–Trinajstić information content (AvgIpc) is 2.28. The molecular formula is C11H14F2N2O3. The zero-order valence-corrected chi connectivity index (χ0v) is 10.2. The van der Waals surface area contributed by atoms with Crippen LogP contribution in [0.4, 0.5) is 20.2 Å². The summed E-state index contributed by atoms with van der Waals surface area (Å²) >= 11 is 0. The smallest absolute Gasteiger partial charge is 0.275 e. The predicted octanol–water partition coefficient (Wildman–Crippen LogP) is 2.35. The molecule has 0 aliphatic heterocycles. The number of nitrogens with zero attached hydrogens (tertiary/aromatic N) is 2. The van der Waals surface area contributed by atoms with Crippen molar-refractivity contribution >= 4 is 11.4 Å². The first-order chi connectivity index (χ1) is 8.47. The normalized spacial score (nSPS) is 10.4. The Morgan fingerprint density at radius 3 is 2.39 bits per heavy atom. The number of likely N-dealkylation sites (N-methyl/N-ethyl adjacent to an activating group) is 1. The summed E-state index contributed by atoms with van der Waals surface area (Å²) in [7, 11) is 1.49. The molecule has 1 aromatic rings. The number of rotatable bonds is 6. The number of non-ortho nitro benzene ring substituents is 1. The fraction of sp³-hybridized carbons (Fsp3) is 0.455. The quantitative estimate of drug-likeness (QED) is 0.447. The van der Waals surface area contributed by atoms with Crippen LogP contribution in [-0.2, 0) is 4.74 Å². The highest BCUT2D eigenvalue weighted by Gasteiger charge is 2.19. The van der Waals surface area contributed by atoms with E-state index in [4.69, 9.17) is 4.74 Å². The van der Waals surface area contributed by atoms with E-state index < -0.39 is 22.2 Å². The first-order valence-electron chi connectivity index (χ1n) is 5.39. The summed E-state index contributed by atoms with van der Waals surface area (Å²) in [4.78, 5) is 10.9. The lowest BCUT2D eigenvalue weighted by Crippen LogP contribution is -2.24. The van der Waals surface area contributed by atoms with Crippen molar-refractivity contribution < 1.29 is 18.4 Å². The first-order valence-corrected chi connectivity index (χ1v) is 5.39. The number of hydrogen-bond donors (Lipinski definition) is 0. The van der Waals surface area contributed by atoms with Crippen LogP contribution in [0.25, 0.3) is 0 Å². The van der Waals surface area contributed by atoms with Gasteiger partial charge in [-0.15, -0.1) is 0 Å². The van der Waals surface area contributed by atoms with Crippen LogP contribution >= 0.6 is 0 Å². The lowest BCUT2D eigenvalue weighted by Gasteiger charge is -2.20. The van der Waals surface area contributed by atoms with E-state index in [1.54, 1.807) is 0 Å². The SMILES string of the molecule is CCOCCN(C)c1c(F)cc([N+](=O)[O-])cc1F. The van der Waals surface area contributed by atoms with Crippen molar-refractivity contribution in [2.45, 2.75) is 6.92 Å². The molecule has 0 unspecified atom stereocenters. The zero-order valence-electron chi connectivity index (χ0n) is 10.2. The molecule has 5 nitrogen and oxygen atoms in total. The number of benzene rings is 1. The number of hydrogen-bond acceptors (Lipinski definition) is 4. The second-order valence-electron chi connectivity index (χ2n) is 3.63. The number of nitro benzene ring substituents is 1. The van der Waals surface area contributed by atoms with Crippen LogP contribution in [0, 0.1) is 21.7 Å². The minimum Gasteiger partial charge on any atom is -0.380 e. The second-order valence-corrected chi connectivity index (χ2v) is 3.63. The summed E-state index contributed by atoms with van der Waals surface area (Å²) in [5.41, 5.74) is -0.896. The van der Waals surface area contributed by atoms with Crippen molar-refractivity contribution in [2.24, 2.45) is 0 Å². The van der Waals surface area contributed by atoms with Crippen LogP contribution in [0.1, 0.15) is 6.92 Å². The molecule has 0 fully saturated rings. The van der Waals surface area contributed by atoms with Gasteiger partial charge in [0.1, 0.15) is 5.69 Å². The lowest BCUT2D eigenvalue weighted by atomic mass is 10.2. The number of nitro groups is 1. The van der Waals surface area contributed by atoms with E-state index in [1.807, 2.05) is 6.92 Å². The van der Waals surface area contributed by atoms with Crippen molar-refractivity contribution in [3.63, 3.8) is 0 Å². The summed E-state index contributed by atoms with van der Waals surface area (Å²) < 4.78 is 32.3. The van der Waals surface area contributed by atoms with Crippen molar-refractivity contribution in [1.29, 1.82) is 0 Å². The zero-order chi connectivity index (χ0) is 13.7. The summed E-state index contributed by atoms with van der Waals surface area (Å²) in [6, 6.07) is 1.41. The molecular weight excluding hydrogens is 246 g/mol. The highest BCUT2D eigenvalue weighted by molar-refractivity contribution is 5.53. The maximum absolute atomic E-state index is 13.6. The van der Waals surface area contributed by atoms with Gasteiger partial charge in [-0.3, -0.25) is 10.1 Å². The number of halogens is 2. The second kappa shape index (κ2) is 6.25. The Hall–Kier alpha value is -1.76. The van der Waals surface area contributed by atoms with Crippen molar-refractivity contribution in [2.75, 3.05) is 31.7 Å². The Kier molecular flexibility index (Phi) is 4.96. The van der Waals surface area contributed by atoms with Gasteiger partial charge in [-0.25, -0.2) is 8.78 Å². The highest BCUT2D eigenvalue weighted by Crippen LogP contribution is 2.27. The number of anilines is 1. The Morgan fingerprint density at radius 2 is 1.94 bits per heavy atom. The maximum Gasteiger partial charge on any atom is 0.275 e. The van der Waals surface area contributed by atoms with Gasteiger partial charge in [0.15, 0.2) is 11.6 Å². The molecule has 0 aromatic heterocycles. The van der Waals surface area contributed by atoms with Gasteiger partial charge in [0, 0.05) is 20.2 Å². The molecule has 0 radical (unpaired) electrons. The lowest BCUT2D eigenvalue weighted by molar-refractivity contribution is -0.385. The van der Waals surface area contributed by atoms with Crippen LogP contribution in [0.5, 0.6) is 0 Å². The minimum atomic E-state index is -0.958. The number of ether oxygens (including phenoxy) is 1. The van der Waals surface area contributed by atoms with Crippen LogP contribution in [0.3, 0.4) is 0 Å². The third kappa shape index (κ3) is 3.36. The summed E-state index contributed by atoms with van der Waals surface area (Å²) in [6.07, 6.45) is 0. The van der Waals surface area contributed by atoms with Crippen LogP contribution in [0.15, 0.2) is 12.1 Å². The van der Waals surface area contributed by atoms with E-state index >= 15 is 0 Å². The van der Waals surface area contributed by atoms with E-state index in [-0.39, 0.29) is 5.69 Å². The molecule has 1 aromatic carbocycles. The van der Waals surface area contributed by atoms with Gasteiger partial charge in [-0.1, -0.05) is 0 Å². The average molecular weight is 260 g/mol. The van der Waals surface area contributed by atoms with Crippen LogP contribution < -0.4 is 4.90 Å². The van der Waals surface area contributed by atoms with E-state index in [9.17, 15) is 18.9 Å². The van der Waals surface area contributed by atoms with Crippen LogP contribution in [0.2, 0.25) is 0 Å². The molecule has 100 valence electrons. The van der Waals surface area contributed by atoms with Crippen molar-refractivity contribution in [3.8, 4) is 0 Å². The van der Waals surface area contributed by atoms with Crippen LogP contribution in [-0.4, -0.2) is 31.7 Å². The Morgan fingerprint density at radius 1 is 1.39 bits per heavy atom. The molecule has 0 amide bonds. The highest BCUT2D eigenvalue weighted by atomic mass is 19.1. The van der Waals surface area contributed by atoms with E-state index in [0.717, 1.165) is 0 Å². The third-order valence-corrected chi connectivity index (χ3v) is 2.37. The standard InChI is InChI=1S/C11H14F2N2O3/c1-3-18-5-4-14(2)11-9(12)6-8(15(16)17)7-10(11)13/h6-7H,3-5H2,1-2H3. The fourth-order valence-electron chi connectivity index (χ4n) is 1.48.